The van der Waals surface area contributed by atoms with Crippen LogP contribution in [0.25, 0.3) is 0 Å². The Labute approximate surface area is 118 Å². The maximum atomic E-state index is 8.77. The van der Waals surface area contributed by atoms with E-state index in [1.54, 1.807) is 18.9 Å². The molecule has 0 amide bonds. The van der Waals surface area contributed by atoms with Gasteiger partial charge in [-0.3, -0.25) is 0 Å². The predicted octanol–water partition coefficient (Wildman–Crippen LogP) is 4.28. The van der Waals surface area contributed by atoms with Crippen LogP contribution in [0.1, 0.15) is 18.1 Å². The Morgan fingerprint density at radius 1 is 1.11 bits per heavy atom. The maximum absolute atomic E-state index is 8.77. The highest BCUT2D eigenvalue weighted by atomic mass is 32.2. The summed E-state index contributed by atoms with van der Waals surface area (Å²) < 4.78 is 5.39. The van der Waals surface area contributed by atoms with Crippen LogP contribution in [0.5, 0.6) is 5.75 Å². The van der Waals surface area contributed by atoms with Crippen molar-refractivity contribution < 1.29 is 4.74 Å². The Bertz CT molecular complexity index is 599. The zero-order valence-electron chi connectivity index (χ0n) is 11.0. The van der Waals surface area contributed by atoms with Gasteiger partial charge in [-0.15, -0.1) is 0 Å². The molecule has 2 nitrogen and oxygen atoms in total. The van der Waals surface area contributed by atoms with E-state index in [-0.39, 0.29) is 0 Å². The minimum absolute atomic E-state index is 0.684. The second kappa shape index (κ2) is 6.31. The zero-order chi connectivity index (χ0) is 13.7. The summed E-state index contributed by atoms with van der Waals surface area (Å²) in [6, 6.07) is 16.0. The highest BCUT2D eigenvalue weighted by molar-refractivity contribution is 7.99. The van der Waals surface area contributed by atoms with E-state index < -0.39 is 0 Å². The van der Waals surface area contributed by atoms with Gasteiger partial charge in [0.2, 0.25) is 0 Å². The van der Waals surface area contributed by atoms with Crippen molar-refractivity contribution in [3.05, 3.63) is 53.6 Å². The number of aryl methyl sites for hydroxylation is 1. The summed E-state index contributed by atoms with van der Waals surface area (Å²) in [5, 5.41) is 8.77. The van der Waals surface area contributed by atoms with Crippen LogP contribution in [-0.4, -0.2) is 7.11 Å². The minimum atomic E-state index is 0.684. The number of ether oxygens (including phenoxy) is 1. The van der Waals surface area contributed by atoms with Crippen LogP contribution in [0, 0.1) is 11.3 Å². The van der Waals surface area contributed by atoms with E-state index in [0.29, 0.717) is 5.56 Å². The average Bonchev–Trinajstić information content (AvgIpc) is 2.48. The monoisotopic (exact) mass is 269 g/mol. The predicted molar refractivity (Wildman–Crippen MR) is 77.7 cm³/mol. The lowest BCUT2D eigenvalue weighted by atomic mass is 10.1. The van der Waals surface area contributed by atoms with E-state index in [1.165, 1.54) is 5.56 Å². The molecule has 0 saturated carbocycles. The molecule has 0 fully saturated rings. The summed E-state index contributed by atoms with van der Waals surface area (Å²) in [5.74, 6) is 0.932. The smallest absolute Gasteiger partial charge is 0.123 e. The summed E-state index contributed by atoms with van der Waals surface area (Å²) in [5.41, 5.74) is 1.90. The van der Waals surface area contributed by atoms with Gasteiger partial charge < -0.3 is 4.74 Å². The summed E-state index contributed by atoms with van der Waals surface area (Å²) in [6.07, 6.45) is 0.963. The molecule has 0 saturated heterocycles. The Hall–Kier alpha value is -1.92. The summed E-state index contributed by atoms with van der Waals surface area (Å²) in [7, 11) is 1.70. The first-order valence-corrected chi connectivity index (χ1v) is 6.93. The molecule has 2 aromatic rings. The van der Waals surface area contributed by atoms with Gasteiger partial charge in [0.25, 0.3) is 0 Å². The Morgan fingerprint density at radius 3 is 2.37 bits per heavy atom. The first-order chi connectivity index (χ1) is 9.26. The molecule has 3 heteroatoms. The number of hydrogen-bond acceptors (Lipinski definition) is 3. The van der Waals surface area contributed by atoms with E-state index in [2.05, 4.69) is 31.2 Å². The van der Waals surface area contributed by atoms with Crippen molar-refractivity contribution in [2.75, 3.05) is 7.11 Å². The van der Waals surface area contributed by atoms with Crippen molar-refractivity contribution >= 4 is 11.8 Å². The van der Waals surface area contributed by atoms with Gasteiger partial charge in [-0.25, -0.2) is 0 Å². The number of nitriles is 1. The molecule has 0 radical (unpaired) electrons. The number of nitrogens with zero attached hydrogens (tertiary/aromatic N) is 1. The van der Waals surface area contributed by atoms with Crippen LogP contribution in [-0.2, 0) is 6.42 Å². The normalized spacial score (nSPS) is 9.95. The van der Waals surface area contributed by atoms with Crippen molar-refractivity contribution in [2.24, 2.45) is 0 Å². The van der Waals surface area contributed by atoms with Gasteiger partial charge in [-0.1, -0.05) is 24.8 Å². The SMILES string of the molecule is CCc1ccc(Sc2ccc(C#N)cc2)cc1OC. The van der Waals surface area contributed by atoms with Crippen molar-refractivity contribution in [3.8, 4) is 11.8 Å². The van der Waals surface area contributed by atoms with Crippen LogP contribution < -0.4 is 4.74 Å². The molecular weight excluding hydrogens is 254 g/mol. The van der Waals surface area contributed by atoms with E-state index in [1.807, 2.05) is 24.3 Å². The molecule has 2 rings (SSSR count). The molecule has 0 aromatic heterocycles. The Balaban J connectivity index is 2.20. The standard InChI is InChI=1S/C16H15NOS/c1-3-13-6-9-15(10-16(13)18-2)19-14-7-4-12(11-17)5-8-14/h4-10H,3H2,1-2H3. The third-order valence-corrected chi connectivity index (χ3v) is 3.86. The second-order valence-corrected chi connectivity index (χ2v) is 5.21. The van der Waals surface area contributed by atoms with E-state index in [9.17, 15) is 0 Å². The zero-order valence-corrected chi connectivity index (χ0v) is 11.8. The summed E-state index contributed by atoms with van der Waals surface area (Å²) in [6.45, 7) is 2.12. The van der Waals surface area contributed by atoms with E-state index in [0.717, 1.165) is 22.0 Å². The topological polar surface area (TPSA) is 33.0 Å². The van der Waals surface area contributed by atoms with Gasteiger partial charge in [0, 0.05) is 9.79 Å². The lowest BCUT2D eigenvalue weighted by molar-refractivity contribution is 0.409. The van der Waals surface area contributed by atoms with Crippen LogP contribution >= 0.6 is 11.8 Å². The third-order valence-electron chi connectivity index (χ3n) is 2.86. The number of methoxy groups -OCH3 is 1. The number of hydrogen-bond donors (Lipinski definition) is 0. The lowest BCUT2D eigenvalue weighted by Crippen LogP contribution is -1.90. The maximum Gasteiger partial charge on any atom is 0.123 e. The average molecular weight is 269 g/mol. The molecule has 0 heterocycles. The number of benzene rings is 2. The summed E-state index contributed by atoms with van der Waals surface area (Å²) >= 11 is 1.67. The fourth-order valence-corrected chi connectivity index (χ4v) is 2.66. The fourth-order valence-electron chi connectivity index (χ4n) is 1.81. The van der Waals surface area contributed by atoms with Crippen molar-refractivity contribution in [2.45, 2.75) is 23.1 Å². The van der Waals surface area contributed by atoms with Crippen LogP contribution in [0.3, 0.4) is 0 Å². The minimum Gasteiger partial charge on any atom is -0.496 e. The van der Waals surface area contributed by atoms with Crippen molar-refractivity contribution in [1.82, 2.24) is 0 Å². The van der Waals surface area contributed by atoms with Gasteiger partial charge in [-0.05, 0) is 48.4 Å². The van der Waals surface area contributed by atoms with Gasteiger partial charge in [0.05, 0.1) is 18.7 Å². The van der Waals surface area contributed by atoms with Crippen molar-refractivity contribution in [3.63, 3.8) is 0 Å². The van der Waals surface area contributed by atoms with Crippen LogP contribution in [0.2, 0.25) is 0 Å². The molecule has 0 atom stereocenters. The molecule has 0 N–H and O–H groups in total. The van der Waals surface area contributed by atoms with Gasteiger partial charge in [0.1, 0.15) is 5.75 Å². The van der Waals surface area contributed by atoms with Crippen LogP contribution in [0.4, 0.5) is 0 Å². The van der Waals surface area contributed by atoms with E-state index >= 15 is 0 Å². The molecule has 96 valence electrons. The molecule has 2 aromatic carbocycles. The van der Waals surface area contributed by atoms with Gasteiger partial charge >= 0.3 is 0 Å². The molecule has 0 aliphatic rings. The third kappa shape index (κ3) is 3.30. The molecule has 0 aliphatic carbocycles. The fraction of sp³-hybridized carbons (Fsp3) is 0.188. The largest absolute Gasteiger partial charge is 0.496 e. The first kappa shape index (κ1) is 13.5. The first-order valence-electron chi connectivity index (χ1n) is 6.11. The Morgan fingerprint density at radius 2 is 1.79 bits per heavy atom. The van der Waals surface area contributed by atoms with E-state index in [4.69, 9.17) is 10.00 Å². The molecular formula is C16H15NOS. The van der Waals surface area contributed by atoms with Crippen LogP contribution in [0.15, 0.2) is 52.3 Å². The quantitative estimate of drug-likeness (QED) is 0.830. The highest BCUT2D eigenvalue weighted by Crippen LogP contribution is 2.32. The highest BCUT2D eigenvalue weighted by Gasteiger charge is 2.04. The molecule has 0 bridgehead atoms. The molecule has 0 unspecified atom stereocenters. The molecule has 0 aliphatic heterocycles. The van der Waals surface area contributed by atoms with Gasteiger partial charge in [0.15, 0.2) is 0 Å². The molecule has 0 spiro atoms. The second-order valence-electron chi connectivity index (χ2n) is 4.07. The Kier molecular flexibility index (Phi) is 4.48. The lowest BCUT2D eigenvalue weighted by Gasteiger charge is -2.09. The molecule has 19 heavy (non-hydrogen) atoms. The van der Waals surface area contributed by atoms with Crippen molar-refractivity contribution in [1.29, 1.82) is 5.26 Å². The number of rotatable bonds is 4. The summed E-state index contributed by atoms with van der Waals surface area (Å²) in [4.78, 5) is 2.25. The van der Waals surface area contributed by atoms with Gasteiger partial charge in [-0.2, -0.15) is 5.26 Å².